The van der Waals surface area contributed by atoms with Gasteiger partial charge in [-0.2, -0.15) is 0 Å². The fourth-order valence-electron chi connectivity index (χ4n) is 2.55. The summed E-state index contributed by atoms with van der Waals surface area (Å²) in [6.07, 6.45) is 2.86. The molecule has 0 saturated carbocycles. The van der Waals surface area contributed by atoms with Gasteiger partial charge < -0.3 is 10.1 Å². The number of rotatable bonds is 7. The van der Waals surface area contributed by atoms with Crippen LogP contribution in [-0.2, 0) is 11.3 Å². The van der Waals surface area contributed by atoms with Crippen molar-refractivity contribution in [2.24, 2.45) is 0 Å². The van der Waals surface area contributed by atoms with E-state index in [4.69, 9.17) is 4.74 Å². The molecule has 112 valence electrons. The third kappa shape index (κ3) is 4.89. The molecular formula is C17H28N2O. The highest BCUT2D eigenvalue weighted by Gasteiger charge is 2.16. The average molecular weight is 276 g/mol. The zero-order valence-electron chi connectivity index (χ0n) is 13.1. The monoisotopic (exact) mass is 276 g/mol. The van der Waals surface area contributed by atoms with Gasteiger partial charge in [0.25, 0.3) is 0 Å². The van der Waals surface area contributed by atoms with E-state index in [0.29, 0.717) is 12.1 Å². The van der Waals surface area contributed by atoms with Crippen LogP contribution in [0, 0.1) is 6.92 Å². The average Bonchev–Trinajstić information content (AvgIpc) is 2.94. The number of ether oxygens (including phenoxy) is 1. The molecule has 2 rings (SSSR count). The van der Waals surface area contributed by atoms with Crippen molar-refractivity contribution in [2.45, 2.75) is 45.4 Å². The summed E-state index contributed by atoms with van der Waals surface area (Å²) in [6.45, 7) is 8.35. The van der Waals surface area contributed by atoms with Crippen LogP contribution in [-0.4, -0.2) is 43.8 Å². The van der Waals surface area contributed by atoms with Crippen molar-refractivity contribution < 1.29 is 4.74 Å². The molecule has 3 heteroatoms. The first-order chi connectivity index (χ1) is 9.65. The summed E-state index contributed by atoms with van der Waals surface area (Å²) in [5.41, 5.74) is 2.70. The Hall–Kier alpha value is -0.900. The third-order valence-electron chi connectivity index (χ3n) is 4.14. The summed E-state index contributed by atoms with van der Waals surface area (Å²) in [7, 11) is 2.19. The Morgan fingerprint density at radius 1 is 1.35 bits per heavy atom. The summed E-state index contributed by atoms with van der Waals surface area (Å²) in [5, 5.41) is 3.54. The van der Waals surface area contributed by atoms with Gasteiger partial charge in [-0.1, -0.05) is 29.8 Å². The molecule has 2 unspecified atom stereocenters. The number of hydrogen-bond donors (Lipinski definition) is 1. The maximum Gasteiger partial charge on any atom is 0.0700 e. The molecule has 2 atom stereocenters. The van der Waals surface area contributed by atoms with E-state index in [1.807, 2.05) is 0 Å². The molecule has 1 heterocycles. The molecule has 1 aromatic rings. The molecule has 1 N–H and O–H groups in total. The van der Waals surface area contributed by atoms with Crippen LogP contribution >= 0.6 is 0 Å². The van der Waals surface area contributed by atoms with Crippen LogP contribution in [0.3, 0.4) is 0 Å². The van der Waals surface area contributed by atoms with E-state index in [9.17, 15) is 0 Å². The zero-order chi connectivity index (χ0) is 14.4. The van der Waals surface area contributed by atoms with Gasteiger partial charge in [0, 0.05) is 32.3 Å². The van der Waals surface area contributed by atoms with Crippen LogP contribution in [0.4, 0.5) is 0 Å². The lowest BCUT2D eigenvalue weighted by molar-refractivity contribution is 0.108. The molecule has 1 aliphatic rings. The van der Waals surface area contributed by atoms with E-state index in [2.05, 4.69) is 55.4 Å². The second-order valence-electron chi connectivity index (χ2n) is 6.04. The Kier molecular flexibility index (Phi) is 6.02. The molecule has 0 aliphatic carbocycles. The van der Waals surface area contributed by atoms with Gasteiger partial charge in [-0.05, 0) is 39.3 Å². The molecule has 1 aromatic carbocycles. The Labute approximate surface area is 123 Å². The lowest BCUT2D eigenvalue weighted by Crippen LogP contribution is -2.39. The third-order valence-corrected chi connectivity index (χ3v) is 4.14. The Balaban J connectivity index is 1.68. The highest BCUT2D eigenvalue weighted by molar-refractivity contribution is 5.21. The summed E-state index contributed by atoms with van der Waals surface area (Å²) in [6, 6.07) is 9.33. The van der Waals surface area contributed by atoms with Crippen LogP contribution in [0.5, 0.6) is 0 Å². The first-order valence-electron chi connectivity index (χ1n) is 7.73. The van der Waals surface area contributed by atoms with Crippen LogP contribution in [0.25, 0.3) is 0 Å². The summed E-state index contributed by atoms with van der Waals surface area (Å²) in [4.78, 5) is 2.40. The number of nitrogens with one attached hydrogen (secondary N) is 1. The molecule has 0 aromatic heterocycles. The van der Waals surface area contributed by atoms with Crippen molar-refractivity contribution in [3.05, 3.63) is 35.4 Å². The van der Waals surface area contributed by atoms with Crippen molar-refractivity contribution in [1.29, 1.82) is 0 Å². The van der Waals surface area contributed by atoms with E-state index >= 15 is 0 Å². The van der Waals surface area contributed by atoms with E-state index in [1.54, 1.807) is 0 Å². The van der Waals surface area contributed by atoms with Crippen molar-refractivity contribution in [3.8, 4) is 0 Å². The van der Waals surface area contributed by atoms with Gasteiger partial charge >= 0.3 is 0 Å². The highest BCUT2D eigenvalue weighted by atomic mass is 16.5. The van der Waals surface area contributed by atoms with Crippen LogP contribution in [0.1, 0.15) is 30.9 Å². The van der Waals surface area contributed by atoms with Crippen molar-refractivity contribution >= 4 is 0 Å². The van der Waals surface area contributed by atoms with Crippen LogP contribution in [0.2, 0.25) is 0 Å². The number of benzene rings is 1. The van der Waals surface area contributed by atoms with Gasteiger partial charge in [-0.3, -0.25) is 4.90 Å². The second-order valence-corrected chi connectivity index (χ2v) is 6.04. The molecule has 1 aliphatic heterocycles. The molecule has 20 heavy (non-hydrogen) atoms. The summed E-state index contributed by atoms with van der Waals surface area (Å²) >= 11 is 0. The van der Waals surface area contributed by atoms with Crippen molar-refractivity contribution in [2.75, 3.05) is 26.7 Å². The minimum absolute atomic E-state index is 0.435. The first kappa shape index (κ1) is 15.5. The summed E-state index contributed by atoms with van der Waals surface area (Å²) in [5.74, 6) is 0. The number of nitrogens with zero attached hydrogens (tertiary/aromatic N) is 1. The molecule has 0 bridgehead atoms. The fourth-order valence-corrected chi connectivity index (χ4v) is 2.55. The van der Waals surface area contributed by atoms with Gasteiger partial charge in [0.05, 0.1) is 6.10 Å². The van der Waals surface area contributed by atoms with Gasteiger partial charge in [0.1, 0.15) is 0 Å². The van der Waals surface area contributed by atoms with Gasteiger partial charge in [-0.25, -0.2) is 0 Å². The molecule has 3 nitrogen and oxygen atoms in total. The number of likely N-dealkylation sites (N-methyl/N-ethyl adjacent to an activating group) is 1. The maximum absolute atomic E-state index is 5.63. The van der Waals surface area contributed by atoms with Crippen LogP contribution < -0.4 is 5.32 Å². The van der Waals surface area contributed by atoms with E-state index in [1.165, 1.54) is 24.0 Å². The quantitative estimate of drug-likeness (QED) is 0.828. The largest absolute Gasteiger partial charge is 0.377 e. The Morgan fingerprint density at radius 3 is 2.75 bits per heavy atom. The highest BCUT2D eigenvalue weighted by Crippen LogP contribution is 2.11. The fraction of sp³-hybridized carbons (Fsp3) is 0.647. The SMILES string of the molecule is Cc1ccc(CN(C)C(C)CNCC2CCCO2)cc1. The molecule has 0 spiro atoms. The van der Waals surface area contributed by atoms with Crippen molar-refractivity contribution in [3.63, 3.8) is 0 Å². The molecule has 1 saturated heterocycles. The molecule has 0 amide bonds. The normalized spacial score (nSPS) is 20.5. The molecule has 0 radical (unpaired) electrons. The van der Waals surface area contributed by atoms with Gasteiger partial charge in [0.2, 0.25) is 0 Å². The standard InChI is InChI=1S/C17H28N2O/c1-14-6-8-16(9-7-14)13-19(3)15(2)11-18-12-17-5-4-10-20-17/h6-9,15,17-18H,4-5,10-13H2,1-3H3. The first-order valence-corrected chi connectivity index (χ1v) is 7.73. The van der Waals surface area contributed by atoms with E-state index < -0.39 is 0 Å². The van der Waals surface area contributed by atoms with Gasteiger partial charge in [-0.15, -0.1) is 0 Å². The summed E-state index contributed by atoms with van der Waals surface area (Å²) < 4.78 is 5.63. The van der Waals surface area contributed by atoms with Crippen molar-refractivity contribution in [1.82, 2.24) is 10.2 Å². The lowest BCUT2D eigenvalue weighted by atomic mass is 10.1. The van der Waals surface area contributed by atoms with Gasteiger partial charge in [0.15, 0.2) is 0 Å². The Morgan fingerprint density at radius 2 is 2.10 bits per heavy atom. The minimum atomic E-state index is 0.435. The van der Waals surface area contributed by atoms with E-state index in [-0.39, 0.29) is 0 Å². The zero-order valence-corrected chi connectivity index (χ0v) is 13.1. The van der Waals surface area contributed by atoms with E-state index in [0.717, 1.165) is 26.2 Å². The molecular weight excluding hydrogens is 248 g/mol. The number of aryl methyl sites for hydroxylation is 1. The minimum Gasteiger partial charge on any atom is -0.377 e. The molecule has 1 fully saturated rings. The predicted octanol–water partition coefficient (Wildman–Crippen LogP) is 2.58. The second kappa shape index (κ2) is 7.77. The maximum atomic E-state index is 5.63. The number of hydrogen-bond acceptors (Lipinski definition) is 3. The Bertz CT molecular complexity index is 384. The smallest absolute Gasteiger partial charge is 0.0700 e. The lowest BCUT2D eigenvalue weighted by Gasteiger charge is -2.25. The predicted molar refractivity (Wildman–Crippen MR) is 84.0 cm³/mol. The van der Waals surface area contributed by atoms with Crippen LogP contribution in [0.15, 0.2) is 24.3 Å². The topological polar surface area (TPSA) is 24.5 Å².